The summed E-state index contributed by atoms with van der Waals surface area (Å²) in [5.41, 5.74) is 1.91. The van der Waals surface area contributed by atoms with Crippen molar-refractivity contribution in [2.24, 2.45) is 5.14 Å². The molecule has 20 heavy (non-hydrogen) atoms. The second-order valence-corrected chi connectivity index (χ2v) is 7.40. The molecule has 0 atom stereocenters. The molecule has 0 saturated carbocycles. The maximum Gasteiger partial charge on any atom is 0.238 e. The fraction of sp³-hybridized carbons (Fsp3) is 0.0769. The molecular formula is C13H12Br2N2O2S. The quantitative estimate of drug-likeness (QED) is 0.796. The second-order valence-electron chi connectivity index (χ2n) is 4.13. The SMILES string of the molecule is NS(=O)(=O)c1ccc(NCc2ccccc2Br)c(Br)c1. The van der Waals surface area contributed by atoms with Gasteiger partial charge >= 0.3 is 0 Å². The molecule has 0 heterocycles. The van der Waals surface area contributed by atoms with E-state index in [1.54, 1.807) is 6.07 Å². The number of halogens is 2. The highest BCUT2D eigenvalue weighted by atomic mass is 79.9. The maximum atomic E-state index is 11.3. The third kappa shape index (κ3) is 3.82. The Bertz CT molecular complexity index is 733. The fourth-order valence-electron chi connectivity index (χ4n) is 1.65. The lowest BCUT2D eigenvalue weighted by Gasteiger charge is -2.11. The van der Waals surface area contributed by atoms with Gasteiger partial charge in [-0.15, -0.1) is 0 Å². The van der Waals surface area contributed by atoms with Gasteiger partial charge in [-0.25, -0.2) is 13.6 Å². The molecular weight excluding hydrogens is 408 g/mol. The molecule has 0 saturated heterocycles. The zero-order valence-electron chi connectivity index (χ0n) is 10.3. The summed E-state index contributed by atoms with van der Waals surface area (Å²) in [6.45, 7) is 0.620. The van der Waals surface area contributed by atoms with Crippen molar-refractivity contribution in [3.05, 3.63) is 57.0 Å². The van der Waals surface area contributed by atoms with Crippen molar-refractivity contribution in [2.75, 3.05) is 5.32 Å². The Morgan fingerprint density at radius 2 is 1.75 bits per heavy atom. The third-order valence-electron chi connectivity index (χ3n) is 2.70. The largest absolute Gasteiger partial charge is 0.380 e. The van der Waals surface area contributed by atoms with Gasteiger partial charge in [-0.05, 0) is 45.8 Å². The van der Waals surface area contributed by atoms with E-state index in [1.807, 2.05) is 24.3 Å². The summed E-state index contributed by atoms with van der Waals surface area (Å²) in [5, 5.41) is 8.32. The van der Waals surface area contributed by atoms with Crippen LogP contribution in [-0.4, -0.2) is 8.42 Å². The molecule has 0 fully saturated rings. The molecule has 0 aliphatic carbocycles. The summed E-state index contributed by atoms with van der Waals surface area (Å²) in [6.07, 6.45) is 0. The fourth-order valence-corrected chi connectivity index (χ4v) is 3.28. The van der Waals surface area contributed by atoms with Crippen LogP contribution in [-0.2, 0) is 16.6 Å². The number of hydrogen-bond acceptors (Lipinski definition) is 3. The van der Waals surface area contributed by atoms with E-state index >= 15 is 0 Å². The van der Waals surface area contributed by atoms with Crippen LogP contribution in [0.2, 0.25) is 0 Å². The van der Waals surface area contributed by atoms with E-state index in [4.69, 9.17) is 5.14 Å². The minimum Gasteiger partial charge on any atom is -0.380 e. The Labute approximate surface area is 134 Å². The van der Waals surface area contributed by atoms with Crippen LogP contribution in [0.3, 0.4) is 0 Å². The average Bonchev–Trinajstić information content (AvgIpc) is 2.38. The Hall–Kier alpha value is -0.890. The van der Waals surface area contributed by atoms with Gasteiger partial charge in [0.2, 0.25) is 10.0 Å². The molecule has 7 heteroatoms. The van der Waals surface area contributed by atoms with Gasteiger partial charge in [-0.3, -0.25) is 0 Å². The summed E-state index contributed by atoms with van der Waals surface area (Å²) in [7, 11) is -3.68. The van der Waals surface area contributed by atoms with E-state index in [9.17, 15) is 8.42 Å². The summed E-state index contributed by atoms with van der Waals surface area (Å²) < 4.78 is 24.2. The van der Waals surface area contributed by atoms with Crippen molar-refractivity contribution in [3.8, 4) is 0 Å². The molecule has 0 bridgehead atoms. The molecule has 106 valence electrons. The molecule has 2 aromatic rings. The van der Waals surface area contributed by atoms with Gasteiger partial charge < -0.3 is 5.32 Å². The first-order valence-corrected chi connectivity index (χ1v) is 8.81. The standard InChI is InChI=1S/C13H12Br2N2O2S/c14-11-4-2-1-3-9(11)8-17-13-6-5-10(7-12(13)15)20(16,18)19/h1-7,17H,8H2,(H2,16,18,19). The summed E-state index contributed by atoms with van der Waals surface area (Å²) >= 11 is 6.82. The molecule has 0 unspecified atom stereocenters. The molecule has 0 aliphatic heterocycles. The first kappa shape index (κ1) is 15.5. The zero-order chi connectivity index (χ0) is 14.8. The molecule has 2 aromatic carbocycles. The van der Waals surface area contributed by atoms with Crippen LogP contribution in [0.4, 0.5) is 5.69 Å². The van der Waals surface area contributed by atoms with Crippen LogP contribution >= 0.6 is 31.9 Å². The maximum absolute atomic E-state index is 11.3. The molecule has 0 aliphatic rings. The van der Waals surface area contributed by atoms with Crippen LogP contribution in [0.25, 0.3) is 0 Å². The molecule has 3 N–H and O–H groups in total. The number of primary sulfonamides is 1. The number of anilines is 1. The van der Waals surface area contributed by atoms with Crippen molar-refractivity contribution in [1.82, 2.24) is 0 Å². The highest BCUT2D eigenvalue weighted by molar-refractivity contribution is 9.11. The number of rotatable bonds is 4. The summed E-state index contributed by atoms with van der Waals surface area (Å²) in [4.78, 5) is 0.0795. The van der Waals surface area contributed by atoms with Crippen LogP contribution in [0, 0.1) is 0 Å². The van der Waals surface area contributed by atoms with Gasteiger partial charge in [-0.2, -0.15) is 0 Å². The number of nitrogens with one attached hydrogen (secondary N) is 1. The van der Waals surface area contributed by atoms with E-state index in [2.05, 4.69) is 37.2 Å². The normalized spacial score (nSPS) is 11.3. The van der Waals surface area contributed by atoms with Gasteiger partial charge in [0.25, 0.3) is 0 Å². The molecule has 0 radical (unpaired) electrons. The summed E-state index contributed by atoms with van der Waals surface area (Å²) in [5.74, 6) is 0. The van der Waals surface area contributed by atoms with Crippen LogP contribution in [0.1, 0.15) is 5.56 Å². The smallest absolute Gasteiger partial charge is 0.238 e. The Balaban J connectivity index is 2.17. The molecule has 0 spiro atoms. The topological polar surface area (TPSA) is 72.2 Å². The van der Waals surface area contributed by atoms with E-state index in [0.717, 1.165) is 15.7 Å². The van der Waals surface area contributed by atoms with E-state index in [-0.39, 0.29) is 4.90 Å². The highest BCUT2D eigenvalue weighted by Gasteiger charge is 2.10. The first-order valence-electron chi connectivity index (χ1n) is 5.67. The predicted octanol–water partition coefficient (Wildman–Crippen LogP) is 3.47. The lowest BCUT2D eigenvalue weighted by molar-refractivity contribution is 0.598. The van der Waals surface area contributed by atoms with Crippen LogP contribution < -0.4 is 10.5 Å². The van der Waals surface area contributed by atoms with E-state index in [1.165, 1.54) is 12.1 Å². The first-order chi connectivity index (χ1) is 9.38. The van der Waals surface area contributed by atoms with Gasteiger partial charge in [-0.1, -0.05) is 34.1 Å². The number of hydrogen-bond donors (Lipinski definition) is 2. The predicted molar refractivity (Wildman–Crippen MR) is 87.0 cm³/mol. The molecule has 0 amide bonds. The zero-order valence-corrected chi connectivity index (χ0v) is 14.3. The van der Waals surface area contributed by atoms with Crippen LogP contribution in [0.5, 0.6) is 0 Å². The van der Waals surface area contributed by atoms with Crippen molar-refractivity contribution < 1.29 is 8.42 Å². The van der Waals surface area contributed by atoms with Crippen molar-refractivity contribution in [1.29, 1.82) is 0 Å². The lowest BCUT2D eigenvalue weighted by atomic mass is 10.2. The Kier molecular flexibility index (Phi) is 4.85. The lowest BCUT2D eigenvalue weighted by Crippen LogP contribution is -2.12. The number of benzene rings is 2. The number of nitrogens with two attached hydrogens (primary N) is 1. The Morgan fingerprint density at radius 3 is 2.35 bits per heavy atom. The van der Waals surface area contributed by atoms with Crippen LogP contribution in [0.15, 0.2) is 56.3 Å². The van der Waals surface area contributed by atoms with Gasteiger partial charge in [0.1, 0.15) is 0 Å². The van der Waals surface area contributed by atoms with E-state index < -0.39 is 10.0 Å². The van der Waals surface area contributed by atoms with Crippen molar-refractivity contribution in [2.45, 2.75) is 11.4 Å². The Morgan fingerprint density at radius 1 is 1.05 bits per heavy atom. The minimum absolute atomic E-state index is 0.0795. The second kappa shape index (κ2) is 6.26. The van der Waals surface area contributed by atoms with Gasteiger partial charge in [0.05, 0.1) is 4.90 Å². The molecule has 2 rings (SSSR count). The van der Waals surface area contributed by atoms with Gasteiger partial charge in [0.15, 0.2) is 0 Å². The molecule has 4 nitrogen and oxygen atoms in total. The highest BCUT2D eigenvalue weighted by Crippen LogP contribution is 2.26. The minimum atomic E-state index is -3.68. The molecule has 0 aromatic heterocycles. The monoisotopic (exact) mass is 418 g/mol. The third-order valence-corrected chi connectivity index (χ3v) is 5.04. The van der Waals surface area contributed by atoms with Crippen molar-refractivity contribution >= 4 is 47.6 Å². The van der Waals surface area contributed by atoms with E-state index in [0.29, 0.717) is 11.0 Å². The summed E-state index contributed by atoms with van der Waals surface area (Å²) in [6, 6.07) is 12.5. The average molecular weight is 420 g/mol. The van der Waals surface area contributed by atoms with Gasteiger partial charge in [0, 0.05) is 21.2 Å². The number of sulfonamides is 1. The van der Waals surface area contributed by atoms with Crippen molar-refractivity contribution in [3.63, 3.8) is 0 Å².